The summed E-state index contributed by atoms with van der Waals surface area (Å²) in [7, 11) is 3.95. The van der Waals surface area contributed by atoms with E-state index in [2.05, 4.69) is 5.43 Å². The highest BCUT2D eigenvalue weighted by atomic mass is 16.3. The lowest BCUT2D eigenvalue weighted by Gasteiger charge is -2.28. The van der Waals surface area contributed by atoms with Crippen molar-refractivity contribution in [2.45, 2.75) is 25.3 Å². The average Bonchev–Trinajstić information content (AvgIpc) is 2.23. The third-order valence-corrected chi connectivity index (χ3v) is 3.01. The van der Waals surface area contributed by atoms with E-state index in [1.54, 1.807) is 6.07 Å². The van der Waals surface area contributed by atoms with Gasteiger partial charge in [0.25, 0.3) is 0 Å². The van der Waals surface area contributed by atoms with Crippen molar-refractivity contribution < 1.29 is 10.2 Å². The molecule has 0 saturated carbocycles. The Morgan fingerprint density at radius 1 is 1.31 bits per heavy atom. The lowest BCUT2D eigenvalue weighted by molar-refractivity contribution is 0.227. The molecule has 0 aliphatic heterocycles. The van der Waals surface area contributed by atoms with Crippen LogP contribution < -0.4 is 5.43 Å². The molecule has 88 valence electrons. The third kappa shape index (κ3) is 2.13. The molecule has 4 nitrogen and oxygen atoms in total. The molecule has 1 atom stereocenters. The highest BCUT2D eigenvalue weighted by Gasteiger charge is 2.22. The van der Waals surface area contributed by atoms with E-state index in [-0.39, 0.29) is 11.5 Å². The van der Waals surface area contributed by atoms with E-state index >= 15 is 0 Å². The molecule has 0 spiro atoms. The number of nitrogens with zero attached hydrogens (tertiary/aromatic N) is 1. The van der Waals surface area contributed by atoms with Crippen molar-refractivity contribution in [3.63, 3.8) is 0 Å². The smallest absolute Gasteiger partial charge is 0.160 e. The Labute approximate surface area is 95.5 Å². The van der Waals surface area contributed by atoms with Crippen LogP contribution in [0.5, 0.6) is 11.5 Å². The van der Waals surface area contributed by atoms with Crippen LogP contribution in [0.15, 0.2) is 12.1 Å². The minimum absolute atomic E-state index is 0.0160. The van der Waals surface area contributed by atoms with Gasteiger partial charge in [0, 0.05) is 25.7 Å². The number of nitrogens with one attached hydrogen (secondary N) is 1. The molecule has 0 saturated heterocycles. The van der Waals surface area contributed by atoms with Crippen molar-refractivity contribution in [1.29, 1.82) is 0 Å². The third-order valence-electron chi connectivity index (χ3n) is 3.01. The van der Waals surface area contributed by atoms with Crippen LogP contribution >= 0.6 is 0 Å². The molecule has 0 radical (unpaired) electrons. The van der Waals surface area contributed by atoms with Gasteiger partial charge in [0.05, 0.1) is 0 Å². The van der Waals surface area contributed by atoms with E-state index in [0.717, 1.165) is 30.4 Å². The molecule has 3 N–H and O–H groups in total. The van der Waals surface area contributed by atoms with E-state index < -0.39 is 0 Å². The zero-order valence-corrected chi connectivity index (χ0v) is 9.70. The Kier molecular flexibility index (Phi) is 3.03. The Bertz CT molecular complexity index is 391. The van der Waals surface area contributed by atoms with Gasteiger partial charge in [0.15, 0.2) is 11.5 Å². The molecule has 1 aliphatic carbocycles. The molecule has 0 fully saturated rings. The normalized spacial score (nSPS) is 19.8. The molecule has 2 rings (SSSR count). The van der Waals surface area contributed by atoms with Crippen LogP contribution in [0.3, 0.4) is 0 Å². The van der Waals surface area contributed by atoms with Gasteiger partial charge in [-0.15, -0.1) is 0 Å². The standard InChI is InChI=1S/C12H18N2O2/c1-14(2)13-9-4-5-10-8(7-9)3-6-11(15)12(10)16/h3,6,9,13,15-16H,4-5,7H2,1-2H3. The van der Waals surface area contributed by atoms with Crippen LogP contribution in [0.2, 0.25) is 0 Å². The highest BCUT2D eigenvalue weighted by molar-refractivity contribution is 5.50. The molecule has 1 unspecified atom stereocenters. The van der Waals surface area contributed by atoms with Crippen LogP contribution in [0.1, 0.15) is 17.5 Å². The van der Waals surface area contributed by atoms with Gasteiger partial charge in [-0.1, -0.05) is 6.07 Å². The van der Waals surface area contributed by atoms with Gasteiger partial charge in [-0.25, -0.2) is 0 Å². The minimum atomic E-state index is -0.0160. The second-order valence-corrected chi connectivity index (χ2v) is 4.53. The fourth-order valence-electron chi connectivity index (χ4n) is 2.30. The number of rotatable bonds is 2. The quantitative estimate of drug-likeness (QED) is 0.516. The van der Waals surface area contributed by atoms with Gasteiger partial charge in [0.1, 0.15) is 0 Å². The topological polar surface area (TPSA) is 55.7 Å². The molecule has 0 aromatic heterocycles. The van der Waals surface area contributed by atoms with Crippen molar-refractivity contribution in [2.24, 2.45) is 0 Å². The van der Waals surface area contributed by atoms with Crippen molar-refractivity contribution in [3.05, 3.63) is 23.3 Å². The minimum Gasteiger partial charge on any atom is -0.504 e. The summed E-state index contributed by atoms with van der Waals surface area (Å²) >= 11 is 0. The maximum Gasteiger partial charge on any atom is 0.160 e. The summed E-state index contributed by atoms with van der Waals surface area (Å²) in [5.41, 5.74) is 5.37. The Morgan fingerprint density at radius 3 is 2.75 bits per heavy atom. The van der Waals surface area contributed by atoms with Crippen molar-refractivity contribution in [1.82, 2.24) is 10.4 Å². The first-order chi connectivity index (χ1) is 7.58. The number of hydrogen-bond donors (Lipinski definition) is 3. The molecule has 1 aromatic carbocycles. The first-order valence-corrected chi connectivity index (χ1v) is 5.54. The lowest BCUT2D eigenvalue weighted by atomic mass is 9.88. The summed E-state index contributed by atoms with van der Waals surface area (Å²) in [6, 6.07) is 3.87. The number of aromatic hydroxyl groups is 2. The van der Waals surface area contributed by atoms with Crippen LogP contribution in [-0.4, -0.2) is 35.4 Å². The van der Waals surface area contributed by atoms with Crippen molar-refractivity contribution in [2.75, 3.05) is 14.1 Å². The van der Waals surface area contributed by atoms with Gasteiger partial charge < -0.3 is 10.2 Å². The van der Waals surface area contributed by atoms with E-state index in [9.17, 15) is 10.2 Å². The fourth-order valence-corrected chi connectivity index (χ4v) is 2.30. The Morgan fingerprint density at radius 2 is 2.06 bits per heavy atom. The van der Waals surface area contributed by atoms with Crippen LogP contribution in [0.25, 0.3) is 0 Å². The number of fused-ring (bicyclic) bond motifs is 1. The summed E-state index contributed by atoms with van der Waals surface area (Å²) in [4.78, 5) is 0. The van der Waals surface area contributed by atoms with Crippen molar-refractivity contribution in [3.8, 4) is 11.5 Å². The number of hydrogen-bond acceptors (Lipinski definition) is 4. The number of phenolic OH excluding ortho intramolecular Hbond substituents is 2. The number of phenols is 2. The molecule has 1 aliphatic rings. The zero-order valence-electron chi connectivity index (χ0n) is 9.70. The number of hydrazine groups is 1. The van der Waals surface area contributed by atoms with Gasteiger partial charge in [-0.05, 0) is 30.9 Å². The maximum absolute atomic E-state index is 9.73. The van der Waals surface area contributed by atoms with Gasteiger partial charge in [-0.2, -0.15) is 0 Å². The second kappa shape index (κ2) is 4.31. The fraction of sp³-hybridized carbons (Fsp3) is 0.500. The summed E-state index contributed by atoms with van der Waals surface area (Å²) in [6.45, 7) is 0. The van der Waals surface area contributed by atoms with E-state index in [4.69, 9.17) is 0 Å². The summed E-state index contributed by atoms with van der Waals surface area (Å²) in [5, 5.41) is 21.1. The first kappa shape index (κ1) is 11.2. The predicted molar refractivity (Wildman–Crippen MR) is 62.4 cm³/mol. The monoisotopic (exact) mass is 222 g/mol. The van der Waals surface area contributed by atoms with Crippen LogP contribution in [0, 0.1) is 0 Å². The Balaban J connectivity index is 2.19. The van der Waals surface area contributed by atoms with Crippen LogP contribution in [0.4, 0.5) is 0 Å². The summed E-state index contributed by atoms with van der Waals surface area (Å²) < 4.78 is 0. The van der Waals surface area contributed by atoms with Gasteiger partial charge in [0.2, 0.25) is 0 Å². The molecular formula is C12H18N2O2. The first-order valence-electron chi connectivity index (χ1n) is 5.54. The predicted octanol–water partition coefficient (Wildman–Crippen LogP) is 1.02. The largest absolute Gasteiger partial charge is 0.504 e. The SMILES string of the molecule is CN(C)NC1CCc2c(ccc(O)c2O)C1. The molecule has 16 heavy (non-hydrogen) atoms. The molecule has 0 bridgehead atoms. The molecule has 0 amide bonds. The molecule has 4 heteroatoms. The van der Waals surface area contributed by atoms with Gasteiger partial charge in [-0.3, -0.25) is 10.4 Å². The lowest BCUT2D eigenvalue weighted by Crippen LogP contribution is -2.42. The van der Waals surface area contributed by atoms with E-state index in [1.807, 2.05) is 25.2 Å². The maximum atomic E-state index is 9.73. The summed E-state index contributed by atoms with van der Waals surface area (Å²) in [6.07, 6.45) is 2.67. The van der Waals surface area contributed by atoms with Gasteiger partial charge >= 0.3 is 0 Å². The second-order valence-electron chi connectivity index (χ2n) is 4.53. The average molecular weight is 222 g/mol. The molecular weight excluding hydrogens is 204 g/mol. The van der Waals surface area contributed by atoms with Crippen molar-refractivity contribution >= 4 is 0 Å². The Hall–Kier alpha value is -1.26. The number of benzene rings is 1. The van der Waals surface area contributed by atoms with E-state index in [0.29, 0.717) is 6.04 Å². The van der Waals surface area contributed by atoms with Crippen LogP contribution in [-0.2, 0) is 12.8 Å². The molecule has 1 aromatic rings. The van der Waals surface area contributed by atoms with E-state index in [1.165, 1.54) is 0 Å². The molecule has 0 heterocycles. The summed E-state index contributed by atoms with van der Waals surface area (Å²) in [5.74, 6) is 0.0403. The highest BCUT2D eigenvalue weighted by Crippen LogP contribution is 2.35. The zero-order chi connectivity index (χ0) is 11.7.